The summed E-state index contributed by atoms with van der Waals surface area (Å²) in [7, 11) is 0. The molecule has 2 unspecified atom stereocenters. The first-order valence-electron chi connectivity index (χ1n) is 4.60. The summed E-state index contributed by atoms with van der Waals surface area (Å²) in [6, 6.07) is 5.25. The predicted octanol–water partition coefficient (Wildman–Crippen LogP) is 1.86. The number of ketones is 2. The fourth-order valence-electron chi connectivity index (χ4n) is 1.92. The lowest BCUT2D eigenvalue weighted by molar-refractivity contribution is 0.0914. The molecule has 0 radical (unpaired) electrons. The summed E-state index contributed by atoms with van der Waals surface area (Å²) in [6.07, 6.45) is -0.626. The molecule has 0 N–H and O–H groups in total. The van der Waals surface area contributed by atoms with Crippen molar-refractivity contribution in [3.63, 3.8) is 0 Å². The Hall–Kier alpha value is -1.00. The van der Waals surface area contributed by atoms with Crippen LogP contribution in [-0.4, -0.2) is 22.2 Å². The average Bonchev–Trinajstić information content (AvgIpc) is 2.89. The third-order valence-electron chi connectivity index (χ3n) is 2.80. The van der Waals surface area contributed by atoms with Crippen molar-refractivity contribution < 1.29 is 14.3 Å². The van der Waals surface area contributed by atoms with Crippen molar-refractivity contribution in [3.8, 4) is 0 Å². The number of carbonyl (C=O) groups excluding carboxylic acids is 2. The number of benzene rings is 1. The van der Waals surface area contributed by atoms with E-state index in [1.165, 1.54) is 0 Å². The standard InChI is InChI=1S/C11H7BrO3/c1-5-2-3-6-7(4-5)8(13)10-11(12,15-10)9(6)14/h2-4,10H,1H3. The van der Waals surface area contributed by atoms with Crippen LogP contribution in [0.4, 0.5) is 0 Å². The van der Waals surface area contributed by atoms with Crippen molar-refractivity contribution in [2.45, 2.75) is 17.5 Å². The molecule has 2 atom stereocenters. The fourth-order valence-corrected chi connectivity index (χ4v) is 2.53. The van der Waals surface area contributed by atoms with E-state index in [1.807, 2.05) is 13.0 Å². The van der Waals surface area contributed by atoms with Gasteiger partial charge in [-0.25, -0.2) is 0 Å². The van der Waals surface area contributed by atoms with Crippen LogP contribution in [0.25, 0.3) is 0 Å². The number of hydrogen-bond donors (Lipinski definition) is 0. The molecule has 0 aromatic heterocycles. The summed E-state index contributed by atoms with van der Waals surface area (Å²) in [5.74, 6) is -0.257. The Labute approximate surface area is 94.5 Å². The van der Waals surface area contributed by atoms with Crippen LogP contribution in [0.15, 0.2) is 18.2 Å². The number of carbonyl (C=O) groups is 2. The molecule has 1 aliphatic heterocycles. The molecule has 1 saturated heterocycles. The molecular formula is C11H7BrO3. The number of alkyl halides is 1. The summed E-state index contributed by atoms with van der Waals surface area (Å²) in [5.41, 5.74) is 1.91. The number of halogens is 1. The van der Waals surface area contributed by atoms with Crippen LogP contribution in [0.2, 0.25) is 0 Å². The summed E-state index contributed by atoms with van der Waals surface area (Å²) < 4.78 is 4.07. The number of ether oxygens (including phenoxy) is 1. The van der Waals surface area contributed by atoms with E-state index in [2.05, 4.69) is 15.9 Å². The minimum absolute atomic E-state index is 0.106. The molecule has 15 heavy (non-hydrogen) atoms. The normalized spacial score (nSPS) is 32.3. The van der Waals surface area contributed by atoms with E-state index in [1.54, 1.807) is 12.1 Å². The van der Waals surface area contributed by atoms with Crippen LogP contribution in [-0.2, 0) is 4.74 Å². The molecule has 0 bridgehead atoms. The van der Waals surface area contributed by atoms with Gasteiger partial charge in [0.2, 0.25) is 10.3 Å². The summed E-state index contributed by atoms with van der Waals surface area (Å²) in [4.78, 5) is 23.8. The molecule has 3 rings (SSSR count). The van der Waals surface area contributed by atoms with Crippen LogP contribution in [0.1, 0.15) is 26.3 Å². The van der Waals surface area contributed by atoms with Crippen LogP contribution in [0.5, 0.6) is 0 Å². The Kier molecular flexibility index (Phi) is 1.58. The van der Waals surface area contributed by atoms with Gasteiger partial charge in [0.25, 0.3) is 0 Å². The van der Waals surface area contributed by atoms with E-state index in [0.717, 1.165) is 5.56 Å². The second-order valence-electron chi connectivity index (χ2n) is 3.89. The van der Waals surface area contributed by atoms with Gasteiger partial charge in [-0.05, 0) is 28.9 Å². The number of epoxide rings is 1. The minimum atomic E-state index is -1.06. The van der Waals surface area contributed by atoms with Gasteiger partial charge in [-0.1, -0.05) is 17.7 Å². The molecule has 3 nitrogen and oxygen atoms in total. The lowest BCUT2D eigenvalue weighted by Crippen LogP contribution is -2.32. The lowest BCUT2D eigenvalue weighted by atomic mass is 9.88. The van der Waals surface area contributed by atoms with E-state index < -0.39 is 10.6 Å². The Morgan fingerprint density at radius 3 is 2.80 bits per heavy atom. The molecule has 1 heterocycles. The van der Waals surface area contributed by atoms with Crippen LogP contribution < -0.4 is 0 Å². The molecule has 0 amide bonds. The molecule has 0 saturated carbocycles. The highest BCUT2D eigenvalue weighted by atomic mass is 79.9. The Balaban J connectivity index is 2.25. The maximum absolute atomic E-state index is 11.9. The summed E-state index contributed by atoms with van der Waals surface area (Å²) >= 11 is 3.17. The van der Waals surface area contributed by atoms with Crippen molar-refractivity contribution in [1.82, 2.24) is 0 Å². The first kappa shape index (κ1) is 9.24. The molecule has 4 heteroatoms. The Morgan fingerprint density at radius 1 is 1.33 bits per heavy atom. The van der Waals surface area contributed by atoms with Crippen LogP contribution >= 0.6 is 15.9 Å². The molecule has 2 aliphatic rings. The zero-order valence-electron chi connectivity index (χ0n) is 7.91. The SMILES string of the molecule is Cc1ccc2c(c1)C(=O)C1OC1(Br)C2=O. The third kappa shape index (κ3) is 1.03. The molecular weight excluding hydrogens is 260 g/mol. The van der Waals surface area contributed by atoms with Crippen molar-refractivity contribution in [2.24, 2.45) is 0 Å². The first-order valence-corrected chi connectivity index (χ1v) is 5.40. The second-order valence-corrected chi connectivity index (χ2v) is 5.06. The molecule has 1 aromatic carbocycles. The van der Waals surface area contributed by atoms with Crippen molar-refractivity contribution >= 4 is 27.5 Å². The minimum Gasteiger partial charge on any atom is -0.337 e. The van der Waals surface area contributed by atoms with E-state index in [9.17, 15) is 9.59 Å². The largest absolute Gasteiger partial charge is 0.337 e. The van der Waals surface area contributed by atoms with Crippen LogP contribution in [0.3, 0.4) is 0 Å². The summed E-state index contributed by atoms with van der Waals surface area (Å²) in [5, 5.41) is 0. The van der Waals surface area contributed by atoms with Crippen molar-refractivity contribution in [1.29, 1.82) is 0 Å². The van der Waals surface area contributed by atoms with E-state index in [-0.39, 0.29) is 11.6 Å². The molecule has 0 spiro atoms. The van der Waals surface area contributed by atoms with E-state index >= 15 is 0 Å². The van der Waals surface area contributed by atoms with E-state index in [4.69, 9.17) is 4.74 Å². The summed E-state index contributed by atoms with van der Waals surface area (Å²) in [6.45, 7) is 1.89. The lowest BCUT2D eigenvalue weighted by Gasteiger charge is -2.14. The van der Waals surface area contributed by atoms with Gasteiger partial charge in [0, 0.05) is 11.1 Å². The van der Waals surface area contributed by atoms with Gasteiger partial charge in [0.05, 0.1) is 0 Å². The zero-order chi connectivity index (χ0) is 10.8. The van der Waals surface area contributed by atoms with E-state index in [0.29, 0.717) is 11.1 Å². The van der Waals surface area contributed by atoms with Gasteiger partial charge in [-0.2, -0.15) is 0 Å². The third-order valence-corrected chi connectivity index (χ3v) is 3.77. The van der Waals surface area contributed by atoms with Gasteiger partial charge < -0.3 is 4.74 Å². The highest BCUT2D eigenvalue weighted by Gasteiger charge is 2.67. The topological polar surface area (TPSA) is 46.7 Å². The number of fused-ring (bicyclic) bond motifs is 2. The average molecular weight is 267 g/mol. The highest BCUT2D eigenvalue weighted by Crippen LogP contribution is 2.50. The van der Waals surface area contributed by atoms with Crippen molar-refractivity contribution in [2.75, 3.05) is 0 Å². The molecule has 1 aromatic rings. The number of hydrogen-bond acceptors (Lipinski definition) is 3. The molecule has 76 valence electrons. The number of rotatable bonds is 0. The maximum atomic E-state index is 11.9. The monoisotopic (exact) mass is 266 g/mol. The Bertz CT molecular complexity index is 509. The van der Waals surface area contributed by atoms with Crippen molar-refractivity contribution in [3.05, 3.63) is 34.9 Å². The first-order chi connectivity index (χ1) is 7.04. The molecule has 1 aliphatic carbocycles. The van der Waals surface area contributed by atoms with Crippen LogP contribution in [0, 0.1) is 6.92 Å². The maximum Gasteiger partial charge on any atom is 0.220 e. The molecule has 1 fully saturated rings. The van der Waals surface area contributed by atoms with Gasteiger partial charge in [0.1, 0.15) is 0 Å². The fraction of sp³-hybridized carbons (Fsp3) is 0.273. The predicted molar refractivity (Wildman–Crippen MR) is 56.4 cm³/mol. The quantitative estimate of drug-likeness (QED) is 0.532. The second kappa shape index (κ2) is 2.57. The Morgan fingerprint density at radius 2 is 2.07 bits per heavy atom. The van der Waals surface area contributed by atoms with Gasteiger partial charge in [-0.15, -0.1) is 0 Å². The number of aryl methyl sites for hydroxylation is 1. The smallest absolute Gasteiger partial charge is 0.220 e. The van der Waals surface area contributed by atoms with Gasteiger partial charge in [0.15, 0.2) is 11.9 Å². The van der Waals surface area contributed by atoms with Gasteiger partial charge >= 0.3 is 0 Å². The number of Topliss-reactive ketones (excluding diaryl/α,β-unsaturated/α-hetero) is 2. The zero-order valence-corrected chi connectivity index (χ0v) is 9.50. The highest BCUT2D eigenvalue weighted by molar-refractivity contribution is 9.10. The van der Waals surface area contributed by atoms with Gasteiger partial charge in [-0.3, -0.25) is 9.59 Å².